The first-order valence-electron chi connectivity index (χ1n) is 11.1. The number of rotatable bonds is 5. The number of benzene rings is 1. The minimum atomic E-state index is 0.207. The van der Waals surface area contributed by atoms with Gasteiger partial charge in [-0.25, -0.2) is 0 Å². The van der Waals surface area contributed by atoms with Gasteiger partial charge < -0.3 is 9.80 Å². The summed E-state index contributed by atoms with van der Waals surface area (Å²) < 4.78 is 1.17. The lowest BCUT2D eigenvalue weighted by molar-refractivity contribution is -0.138. The van der Waals surface area contributed by atoms with E-state index in [1.54, 1.807) is 0 Å². The molecule has 0 atom stereocenters. The van der Waals surface area contributed by atoms with Crippen LogP contribution in [0.25, 0.3) is 0 Å². The van der Waals surface area contributed by atoms with Gasteiger partial charge in [-0.05, 0) is 55.4 Å². The molecule has 0 saturated carbocycles. The van der Waals surface area contributed by atoms with Gasteiger partial charge in [0.25, 0.3) is 0 Å². The summed E-state index contributed by atoms with van der Waals surface area (Å²) in [6.45, 7) is 8.64. The lowest BCUT2D eigenvalue weighted by atomic mass is 9.94. The van der Waals surface area contributed by atoms with E-state index in [2.05, 4.69) is 85.2 Å². The van der Waals surface area contributed by atoms with Gasteiger partial charge in [0.05, 0.1) is 0 Å². The molecular weight excluding hydrogens is 440 g/mol. The van der Waals surface area contributed by atoms with E-state index in [1.807, 2.05) is 0 Å². The molecule has 0 aromatic heterocycles. The normalized spacial score (nSPS) is 21.7. The maximum absolute atomic E-state index is 13.1. The molecule has 2 fully saturated rings. The first-order chi connectivity index (χ1) is 14.6. The molecule has 0 N–H and O–H groups in total. The standard InChI is InChI=1S/C24H33BrN4O/c1-26-10-6-20(7-11-26)18-27-12-8-21(9-13-27)24(30)29-16-14-28(15-17-29)19-22-4-2-3-5-23(22)25/h2-7,10,21H,8-9,11-19H2,1H3. The van der Waals surface area contributed by atoms with Crippen molar-refractivity contribution < 1.29 is 4.79 Å². The second kappa shape index (κ2) is 10.1. The van der Waals surface area contributed by atoms with Gasteiger partial charge in [0.15, 0.2) is 0 Å². The van der Waals surface area contributed by atoms with Crippen LogP contribution >= 0.6 is 15.9 Å². The number of carbonyl (C=O) groups is 1. The molecule has 0 unspecified atom stereocenters. The van der Waals surface area contributed by atoms with Crippen molar-refractivity contribution in [1.29, 1.82) is 0 Å². The fourth-order valence-corrected chi connectivity index (χ4v) is 4.99. The van der Waals surface area contributed by atoms with E-state index in [9.17, 15) is 4.79 Å². The number of nitrogens with zero attached hydrogens (tertiary/aromatic N) is 4. The van der Waals surface area contributed by atoms with Gasteiger partial charge in [0, 0.05) is 63.3 Å². The van der Waals surface area contributed by atoms with E-state index < -0.39 is 0 Å². The second-order valence-electron chi connectivity index (χ2n) is 8.78. The molecule has 1 aromatic rings. The molecule has 2 saturated heterocycles. The summed E-state index contributed by atoms with van der Waals surface area (Å²) in [4.78, 5) is 22.3. The zero-order valence-electron chi connectivity index (χ0n) is 18.0. The largest absolute Gasteiger partial charge is 0.377 e. The first kappa shape index (κ1) is 21.6. The number of piperazine rings is 1. The van der Waals surface area contributed by atoms with Crippen LogP contribution < -0.4 is 0 Å². The van der Waals surface area contributed by atoms with Crippen molar-refractivity contribution in [3.63, 3.8) is 0 Å². The van der Waals surface area contributed by atoms with E-state index in [-0.39, 0.29) is 5.92 Å². The molecule has 6 heteroatoms. The van der Waals surface area contributed by atoms with Gasteiger partial charge in [0.1, 0.15) is 0 Å². The molecule has 1 aromatic carbocycles. The Morgan fingerprint density at radius 2 is 1.70 bits per heavy atom. The Morgan fingerprint density at radius 1 is 1.00 bits per heavy atom. The Hall–Kier alpha value is -1.63. The highest BCUT2D eigenvalue weighted by atomic mass is 79.9. The lowest BCUT2D eigenvalue weighted by Crippen LogP contribution is -2.51. The van der Waals surface area contributed by atoms with Gasteiger partial charge in [-0.2, -0.15) is 0 Å². The lowest BCUT2D eigenvalue weighted by Gasteiger charge is -2.38. The van der Waals surface area contributed by atoms with Crippen LogP contribution in [0.1, 0.15) is 18.4 Å². The number of amides is 1. The molecule has 3 aliphatic rings. The smallest absolute Gasteiger partial charge is 0.225 e. The third-order valence-corrected chi connectivity index (χ3v) is 7.34. The summed E-state index contributed by atoms with van der Waals surface area (Å²) in [5.74, 6) is 0.590. The minimum absolute atomic E-state index is 0.207. The first-order valence-corrected chi connectivity index (χ1v) is 11.9. The summed E-state index contributed by atoms with van der Waals surface area (Å²) in [6.07, 6.45) is 8.67. The van der Waals surface area contributed by atoms with Crippen molar-refractivity contribution in [2.75, 3.05) is 59.4 Å². The van der Waals surface area contributed by atoms with Crippen LogP contribution in [-0.2, 0) is 11.3 Å². The van der Waals surface area contributed by atoms with Crippen LogP contribution in [0.3, 0.4) is 0 Å². The SMILES string of the molecule is CN1C=CC(CN2CCC(C(=O)N3CCN(Cc4ccccc4Br)CC3)CC2)=CC1. The number of piperidine rings is 1. The van der Waals surface area contributed by atoms with Crippen molar-refractivity contribution in [3.05, 3.63) is 58.2 Å². The monoisotopic (exact) mass is 472 g/mol. The van der Waals surface area contributed by atoms with Crippen LogP contribution in [-0.4, -0.2) is 84.9 Å². The minimum Gasteiger partial charge on any atom is -0.377 e. The highest BCUT2D eigenvalue weighted by Gasteiger charge is 2.30. The predicted molar refractivity (Wildman–Crippen MR) is 125 cm³/mol. The molecule has 162 valence electrons. The number of likely N-dealkylation sites (N-methyl/N-ethyl adjacent to an activating group) is 1. The molecular formula is C24H33BrN4O. The van der Waals surface area contributed by atoms with E-state index in [4.69, 9.17) is 0 Å². The van der Waals surface area contributed by atoms with Crippen LogP contribution in [0.4, 0.5) is 0 Å². The summed E-state index contributed by atoms with van der Waals surface area (Å²) in [5, 5.41) is 0. The second-order valence-corrected chi connectivity index (χ2v) is 9.63. The Labute approximate surface area is 189 Å². The maximum Gasteiger partial charge on any atom is 0.225 e. The Kier molecular flexibility index (Phi) is 7.28. The summed E-state index contributed by atoms with van der Waals surface area (Å²) in [6, 6.07) is 8.41. The van der Waals surface area contributed by atoms with Gasteiger partial charge >= 0.3 is 0 Å². The van der Waals surface area contributed by atoms with Gasteiger partial charge in [-0.1, -0.05) is 40.2 Å². The quantitative estimate of drug-likeness (QED) is 0.657. The van der Waals surface area contributed by atoms with E-state index in [0.29, 0.717) is 5.91 Å². The average Bonchev–Trinajstić information content (AvgIpc) is 2.77. The highest BCUT2D eigenvalue weighted by molar-refractivity contribution is 9.10. The molecule has 0 bridgehead atoms. The van der Waals surface area contributed by atoms with Gasteiger partial charge in [-0.15, -0.1) is 0 Å². The molecule has 0 aliphatic carbocycles. The van der Waals surface area contributed by atoms with E-state index >= 15 is 0 Å². The summed E-state index contributed by atoms with van der Waals surface area (Å²) in [5.41, 5.74) is 2.72. The summed E-state index contributed by atoms with van der Waals surface area (Å²) >= 11 is 3.64. The van der Waals surface area contributed by atoms with Crippen LogP contribution in [0.5, 0.6) is 0 Å². The Morgan fingerprint density at radius 3 is 2.37 bits per heavy atom. The Bertz CT molecular complexity index is 792. The van der Waals surface area contributed by atoms with Crippen molar-refractivity contribution in [2.24, 2.45) is 5.92 Å². The van der Waals surface area contributed by atoms with Gasteiger partial charge in [0.2, 0.25) is 5.91 Å². The van der Waals surface area contributed by atoms with Crippen molar-refractivity contribution >= 4 is 21.8 Å². The van der Waals surface area contributed by atoms with Crippen molar-refractivity contribution in [3.8, 4) is 0 Å². The average molecular weight is 473 g/mol. The fourth-order valence-electron chi connectivity index (χ4n) is 4.58. The van der Waals surface area contributed by atoms with E-state index in [0.717, 1.165) is 71.7 Å². The Balaban J connectivity index is 1.20. The molecule has 5 nitrogen and oxygen atoms in total. The zero-order valence-corrected chi connectivity index (χ0v) is 19.6. The maximum atomic E-state index is 13.1. The molecule has 0 spiro atoms. The molecule has 30 heavy (non-hydrogen) atoms. The van der Waals surface area contributed by atoms with Crippen LogP contribution in [0.15, 0.2) is 52.7 Å². The fraction of sp³-hybridized carbons (Fsp3) is 0.542. The van der Waals surface area contributed by atoms with Crippen LogP contribution in [0.2, 0.25) is 0 Å². The number of carbonyl (C=O) groups excluding carboxylic acids is 1. The van der Waals surface area contributed by atoms with Gasteiger partial charge in [-0.3, -0.25) is 14.6 Å². The third kappa shape index (κ3) is 5.54. The van der Waals surface area contributed by atoms with Crippen molar-refractivity contribution in [2.45, 2.75) is 19.4 Å². The summed E-state index contributed by atoms with van der Waals surface area (Å²) in [7, 11) is 2.10. The molecule has 3 aliphatic heterocycles. The molecule has 4 rings (SSSR count). The number of hydrogen-bond donors (Lipinski definition) is 0. The zero-order chi connectivity index (χ0) is 20.9. The number of likely N-dealkylation sites (tertiary alicyclic amines) is 1. The van der Waals surface area contributed by atoms with E-state index in [1.165, 1.54) is 15.6 Å². The molecule has 0 radical (unpaired) electrons. The number of hydrogen-bond acceptors (Lipinski definition) is 4. The third-order valence-electron chi connectivity index (χ3n) is 6.56. The van der Waals surface area contributed by atoms with Crippen molar-refractivity contribution in [1.82, 2.24) is 19.6 Å². The topological polar surface area (TPSA) is 30.0 Å². The molecule has 1 amide bonds. The highest BCUT2D eigenvalue weighted by Crippen LogP contribution is 2.23. The van der Waals surface area contributed by atoms with Crippen LogP contribution in [0, 0.1) is 5.92 Å². The predicted octanol–water partition coefficient (Wildman–Crippen LogP) is 3.19. The molecule has 3 heterocycles. The number of halogens is 1.